The van der Waals surface area contributed by atoms with Crippen LogP contribution in [-0.2, 0) is 4.79 Å². The number of carbonyl (C=O) groups is 1. The second-order valence-corrected chi connectivity index (χ2v) is 11.6. The van der Waals surface area contributed by atoms with E-state index in [1.54, 1.807) is 0 Å². The van der Waals surface area contributed by atoms with Crippen LogP contribution in [0.1, 0.15) is 155 Å². The standard InChI is InChI=1S/C30H61NO2/c1-6-8-10-12-14-16-18-20-22-24-26-28(29(30(32)33)31(3,4)5)27-25-23-21-19-17-15-13-11-9-7-2/h28-29H,6-27H2,1-5H3. The van der Waals surface area contributed by atoms with Gasteiger partial charge in [-0.25, -0.2) is 0 Å². The van der Waals surface area contributed by atoms with Crippen LogP contribution in [0.25, 0.3) is 0 Å². The summed E-state index contributed by atoms with van der Waals surface area (Å²) in [6, 6.07) is -0.387. The first-order valence-corrected chi connectivity index (χ1v) is 14.9. The molecule has 0 aromatic carbocycles. The number of quaternary nitrogens is 1. The van der Waals surface area contributed by atoms with E-state index in [4.69, 9.17) is 0 Å². The summed E-state index contributed by atoms with van der Waals surface area (Å²) < 4.78 is 0.475. The van der Waals surface area contributed by atoms with Crippen LogP contribution in [0.4, 0.5) is 0 Å². The number of unbranched alkanes of at least 4 members (excludes halogenated alkanes) is 18. The van der Waals surface area contributed by atoms with Gasteiger partial charge in [0.05, 0.1) is 27.1 Å². The van der Waals surface area contributed by atoms with E-state index in [0.29, 0.717) is 4.48 Å². The maximum Gasteiger partial charge on any atom is 0.131 e. The summed E-state index contributed by atoms with van der Waals surface area (Å²) in [6.07, 6.45) is 28.7. The molecular weight excluding hydrogens is 406 g/mol. The highest BCUT2D eigenvalue weighted by atomic mass is 16.4. The van der Waals surface area contributed by atoms with Crippen molar-refractivity contribution in [3.63, 3.8) is 0 Å². The van der Waals surface area contributed by atoms with Gasteiger partial charge >= 0.3 is 0 Å². The number of hydrogen-bond donors (Lipinski definition) is 0. The molecule has 0 heterocycles. The number of hydrogen-bond acceptors (Lipinski definition) is 2. The van der Waals surface area contributed by atoms with E-state index in [1.165, 1.54) is 128 Å². The molecule has 0 N–H and O–H groups in total. The number of aliphatic carboxylic acids is 1. The number of likely N-dealkylation sites (N-methyl/N-ethyl adjacent to an activating group) is 1. The van der Waals surface area contributed by atoms with Crippen LogP contribution in [0, 0.1) is 5.92 Å². The van der Waals surface area contributed by atoms with Crippen LogP contribution in [0.2, 0.25) is 0 Å². The Hall–Kier alpha value is -0.570. The Kier molecular flexibility index (Phi) is 21.6. The van der Waals surface area contributed by atoms with Gasteiger partial charge in [0.15, 0.2) is 0 Å². The number of nitrogens with zero attached hydrogens (tertiary/aromatic N) is 1. The van der Waals surface area contributed by atoms with Crippen molar-refractivity contribution in [2.75, 3.05) is 21.1 Å². The number of carbonyl (C=O) groups excluding carboxylic acids is 1. The fourth-order valence-electron chi connectivity index (χ4n) is 5.39. The predicted octanol–water partition coefficient (Wildman–Crippen LogP) is 8.05. The topological polar surface area (TPSA) is 40.1 Å². The summed E-state index contributed by atoms with van der Waals surface area (Å²) in [7, 11) is 6.06. The van der Waals surface area contributed by atoms with Crippen molar-refractivity contribution in [2.45, 2.75) is 161 Å². The quantitative estimate of drug-likeness (QED) is 0.101. The monoisotopic (exact) mass is 467 g/mol. The molecule has 1 atom stereocenters. The Bertz CT molecular complexity index is 406. The minimum Gasteiger partial charge on any atom is -0.544 e. The van der Waals surface area contributed by atoms with Gasteiger partial charge in [-0.2, -0.15) is 0 Å². The Morgan fingerprint density at radius 1 is 0.545 bits per heavy atom. The molecule has 33 heavy (non-hydrogen) atoms. The third-order valence-electron chi connectivity index (χ3n) is 7.38. The van der Waals surface area contributed by atoms with Crippen LogP contribution in [0.5, 0.6) is 0 Å². The number of rotatable bonds is 25. The first-order chi connectivity index (χ1) is 15.8. The zero-order valence-corrected chi connectivity index (χ0v) is 23.5. The molecule has 0 aromatic heterocycles. The van der Waals surface area contributed by atoms with Crippen molar-refractivity contribution >= 4 is 5.97 Å². The molecule has 0 amide bonds. The van der Waals surface area contributed by atoms with Crippen molar-refractivity contribution in [3.05, 3.63) is 0 Å². The van der Waals surface area contributed by atoms with Gasteiger partial charge in [-0.3, -0.25) is 0 Å². The molecule has 0 saturated heterocycles. The molecule has 0 bridgehead atoms. The zero-order valence-electron chi connectivity index (χ0n) is 23.5. The normalized spacial score (nSPS) is 13.0. The van der Waals surface area contributed by atoms with E-state index in [1.807, 2.05) is 21.1 Å². The van der Waals surface area contributed by atoms with E-state index < -0.39 is 5.97 Å². The molecule has 0 aliphatic carbocycles. The highest BCUT2D eigenvalue weighted by Gasteiger charge is 2.33. The van der Waals surface area contributed by atoms with E-state index in [2.05, 4.69) is 13.8 Å². The third kappa shape index (κ3) is 19.4. The Balaban J connectivity index is 4.19. The molecular formula is C30H61NO2. The fourth-order valence-corrected chi connectivity index (χ4v) is 5.39. The summed E-state index contributed by atoms with van der Waals surface area (Å²) in [5, 5.41) is 12.0. The lowest BCUT2D eigenvalue weighted by Gasteiger charge is -2.40. The van der Waals surface area contributed by atoms with E-state index in [0.717, 1.165) is 12.8 Å². The summed E-state index contributed by atoms with van der Waals surface area (Å²) in [5.41, 5.74) is 0. The molecule has 198 valence electrons. The van der Waals surface area contributed by atoms with E-state index in [9.17, 15) is 9.90 Å². The molecule has 1 unspecified atom stereocenters. The van der Waals surface area contributed by atoms with E-state index >= 15 is 0 Å². The maximum atomic E-state index is 12.0. The molecule has 0 rings (SSSR count). The summed E-state index contributed by atoms with van der Waals surface area (Å²) in [5.74, 6) is -0.607. The summed E-state index contributed by atoms with van der Waals surface area (Å²) in [6.45, 7) is 4.54. The smallest absolute Gasteiger partial charge is 0.131 e. The maximum absolute atomic E-state index is 12.0. The molecule has 0 saturated carbocycles. The molecule has 0 aliphatic rings. The van der Waals surface area contributed by atoms with Gasteiger partial charge in [-0.15, -0.1) is 0 Å². The zero-order chi connectivity index (χ0) is 24.8. The average molecular weight is 468 g/mol. The van der Waals surface area contributed by atoms with Crippen molar-refractivity contribution in [1.82, 2.24) is 0 Å². The van der Waals surface area contributed by atoms with Gasteiger partial charge in [0.25, 0.3) is 0 Å². The van der Waals surface area contributed by atoms with Crippen molar-refractivity contribution in [3.8, 4) is 0 Å². The molecule has 3 nitrogen and oxygen atoms in total. The van der Waals surface area contributed by atoms with Gasteiger partial charge < -0.3 is 14.4 Å². The van der Waals surface area contributed by atoms with Gasteiger partial charge in [0, 0.05) is 5.92 Å². The van der Waals surface area contributed by atoms with Crippen LogP contribution in [-0.4, -0.2) is 37.6 Å². The largest absolute Gasteiger partial charge is 0.544 e. The Morgan fingerprint density at radius 3 is 1.06 bits per heavy atom. The van der Waals surface area contributed by atoms with Crippen molar-refractivity contribution in [2.24, 2.45) is 5.92 Å². The fraction of sp³-hybridized carbons (Fsp3) is 0.967. The molecule has 0 aromatic rings. The molecule has 3 heteroatoms. The number of carboxylic acids is 1. The van der Waals surface area contributed by atoms with Crippen LogP contribution in [0.3, 0.4) is 0 Å². The summed E-state index contributed by atoms with van der Waals surface area (Å²) in [4.78, 5) is 12.0. The van der Waals surface area contributed by atoms with Crippen molar-refractivity contribution < 1.29 is 14.4 Å². The highest BCUT2D eigenvalue weighted by molar-refractivity contribution is 5.70. The van der Waals surface area contributed by atoms with Gasteiger partial charge in [-0.05, 0) is 12.8 Å². The minimum absolute atomic E-state index is 0.248. The Morgan fingerprint density at radius 2 is 0.818 bits per heavy atom. The Labute approximate surface area is 208 Å². The third-order valence-corrected chi connectivity index (χ3v) is 7.38. The average Bonchev–Trinajstić information content (AvgIpc) is 2.74. The first-order valence-electron chi connectivity index (χ1n) is 14.9. The molecule has 0 spiro atoms. The van der Waals surface area contributed by atoms with Crippen LogP contribution < -0.4 is 5.11 Å². The van der Waals surface area contributed by atoms with Crippen LogP contribution >= 0.6 is 0 Å². The molecule has 0 fully saturated rings. The predicted molar refractivity (Wildman–Crippen MR) is 143 cm³/mol. The lowest BCUT2D eigenvalue weighted by Crippen LogP contribution is -2.58. The summed E-state index contributed by atoms with van der Waals surface area (Å²) >= 11 is 0. The molecule has 0 radical (unpaired) electrons. The lowest BCUT2D eigenvalue weighted by molar-refractivity contribution is -0.893. The second-order valence-electron chi connectivity index (χ2n) is 11.6. The minimum atomic E-state index is -0.855. The van der Waals surface area contributed by atoms with Crippen molar-refractivity contribution in [1.29, 1.82) is 0 Å². The second kappa shape index (κ2) is 21.9. The lowest BCUT2D eigenvalue weighted by atomic mass is 9.86. The number of carboxylic acid groups (broad SMARTS) is 1. The highest BCUT2D eigenvalue weighted by Crippen LogP contribution is 2.27. The van der Waals surface area contributed by atoms with Gasteiger partial charge in [0.1, 0.15) is 6.04 Å². The van der Waals surface area contributed by atoms with Gasteiger partial charge in [0.2, 0.25) is 0 Å². The molecule has 0 aliphatic heterocycles. The SMILES string of the molecule is CCCCCCCCCCCCC(CCCCCCCCCCCC)C(C(=O)[O-])[N+](C)(C)C. The van der Waals surface area contributed by atoms with E-state index in [-0.39, 0.29) is 12.0 Å². The van der Waals surface area contributed by atoms with Gasteiger partial charge in [-0.1, -0.05) is 142 Å². The van der Waals surface area contributed by atoms with Crippen LogP contribution in [0.15, 0.2) is 0 Å². The first kappa shape index (κ1) is 32.4.